The molecule has 2 N–H and O–H groups in total. The first-order chi connectivity index (χ1) is 8.15. The van der Waals surface area contributed by atoms with E-state index in [-0.39, 0.29) is 6.03 Å². The topological polar surface area (TPSA) is 41.1 Å². The van der Waals surface area contributed by atoms with Gasteiger partial charge in [-0.05, 0) is 43.5 Å². The first-order valence-electron chi connectivity index (χ1n) is 5.99. The Morgan fingerprint density at radius 1 is 1.35 bits per heavy atom. The van der Waals surface area contributed by atoms with Crippen LogP contribution >= 0.6 is 11.6 Å². The zero-order valence-electron chi connectivity index (χ0n) is 9.92. The number of amides is 2. The molecule has 0 radical (unpaired) electrons. The van der Waals surface area contributed by atoms with Gasteiger partial charge in [0.1, 0.15) is 0 Å². The third-order valence-corrected chi connectivity index (χ3v) is 3.36. The summed E-state index contributed by atoms with van der Waals surface area (Å²) in [6, 6.07) is 5.66. The van der Waals surface area contributed by atoms with Crippen LogP contribution in [0.2, 0.25) is 5.02 Å². The molecule has 0 aromatic heterocycles. The highest BCUT2D eigenvalue weighted by atomic mass is 35.5. The van der Waals surface area contributed by atoms with Gasteiger partial charge in [-0.3, -0.25) is 0 Å². The van der Waals surface area contributed by atoms with E-state index in [0.29, 0.717) is 11.1 Å². The van der Waals surface area contributed by atoms with Crippen molar-refractivity contribution in [2.45, 2.75) is 38.6 Å². The molecule has 1 saturated carbocycles. The monoisotopic (exact) mass is 252 g/mol. The van der Waals surface area contributed by atoms with Crippen molar-refractivity contribution >= 4 is 23.3 Å². The van der Waals surface area contributed by atoms with E-state index in [2.05, 4.69) is 10.6 Å². The number of benzene rings is 1. The van der Waals surface area contributed by atoms with Gasteiger partial charge in [0, 0.05) is 16.8 Å². The highest BCUT2D eigenvalue weighted by molar-refractivity contribution is 6.30. The number of carbonyl (C=O) groups is 1. The smallest absolute Gasteiger partial charge is 0.319 e. The van der Waals surface area contributed by atoms with Gasteiger partial charge in [-0.2, -0.15) is 0 Å². The standard InChI is InChI=1S/C13H17ClN2O/c1-9-8-10(14)6-7-12(9)16-13(17)15-11-4-2-3-5-11/h6-8,11H,2-5H2,1H3,(H2,15,16,17). The molecule has 0 unspecified atom stereocenters. The van der Waals surface area contributed by atoms with Crippen LogP contribution in [0.15, 0.2) is 18.2 Å². The van der Waals surface area contributed by atoms with E-state index in [4.69, 9.17) is 11.6 Å². The summed E-state index contributed by atoms with van der Waals surface area (Å²) in [6.45, 7) is 1.93. The van der Waals surface area contributed by atoms with Gasteiger partial charge in [0.25, 0.3) is 0 Å². The van der Waals surface area contributed by atoms with E-state index in [1.54, 1.807) is 6.07 Å². The number of nitrogens with one attached hydrogen (secondary N) is 2. The molecule has 92 valence electrons. The molecular weight excluding hydrogens is 236 g/mol. The molecule has 4 heteroatoms. The lowest BCUT2D eigenvalue weighted by Gasteiger charge is -2.14. The van der Waals surface area contributed by atoms with Crippen LogP contribution in [0.5, 0.6) is 0 Å². The average Bonchev–Trinajstić information content (AvgIpc) is 2.75. The SMILES string of the molecule is Cc1cc(Cl)ccc1NC(=O)NC1CCCC1. The van der Waals surface area contributed by atoms with Crippen molar-refractivity contribution < 1.29 is 4.79 Å². The van der Waals surface area contributed by atoms with Crippen molar-refractivity contribution in [3.63, 3.8) is 0 Å². The van der Waals surface area contributed by atoms with Gasteiger partial charge >= 0.3 is 6.03 Å². The van der Waals surface area contributed by atoms with E-state index < -0.39 is 0 Å². The highest BCUT2D eigenvalue weighted by Crippen LogP contribution is 2.20. The van der Waals surface area contributed by atoms with Gasteiger partial charge in [0.15, 0.2) is 0 Å². The summed E-state index contributed by atoms with van der Waals surface area (Å²) in [5, 5.41) is 6.53. The number of hydrogen-bond acceptors (Lipinski definition) is 1. The molecule has 1 aliphatic rings. The number of carbonyl (C=O) groups excluding carboxylic acids is 1. The summed E-state index contributed by atoms with van der Waals surface area (Å²) in [7, 11) is 0. The first-order valence-corrected chi connectivity index (χ1v) is 6.36. The number of urea groups is 1. The Labute approximate surface area is 107 Å². The summed E-state index contributed by atoms with van der Waals surface area (Å²) in [5.41, 5.74) is 1.78. The Hall–Kier alpha value is -1.22. The maximum absolute atomic E-state index is 11.8. The third-order valence-electron chi connectivity index (χ3n) is 3.13. The summed E-state index contributed by atoms with van der Waals surface area (Å²) < 4.78 is 0. The average molecular weight is 253 g/mol. The second kappa shape index (κ2) is 5.41. The molecule has 0 spiro atoms. The summed E-state index contributed by atoms with van der Waals surface area (Å²) in [5.74, 6) is 0. The van der Waals surface area contributed by atoms with E-state index >= 15 is 0 Å². The quantitative estimate of drug-likeness (QED) is 0.828. The van der Waals surface area contributed by atoms with Crippen LogP contribution < -0.4 is 10.6 Å². The maximum atomic E-state index is 11.8. The van der Waals surface area contributed by atoms with Crippen LogP contribution in [-0.4, -0.2) is 12.1 Å². The molecule has 17 heavy (non-hydrogen) atoms. The van der Waals surface area contributed by atoms with Gasteiger partial charge < -0.3 is 10.6 Å². The second-order valence-electron chi connectivity index (χ2n) is 4.54. The van der Waals surface area contributed by atoms with Crippen molar-refractivity contribution in [3.05, 3.63) is 28.8 Å². The Bertz CT molecular complexity index is 414. The van der Waals surface area contributed by atoms with Crippen molar-refractivity contribution in [1.29, 1.82) is 0 Å². The molecule has 1 aromatic carbocycles. The number of hydrogen-bond donors (Lipinski definition) is 2. The molecule has 0 heterocycles. The van der Waals surface area contributed by atoms with Crippen molar-refractivity contribution in [1.82, 2.24) is 5.32 Å². The van der Waals surface area contributed by atoms with Crippen LogP contribution in [-0.2, 0) is 0 Å². The Morgan fingerprint density at radius 2 is 2.06 bits per heavy atom. The summed E-state index contributed by atoms with van der Waals surface area (Å²) in [6.07, 6.45) is 4.61. The van der Waals surface area contributed by atoms with Crippen LogP contribution in [0, 0.1) is 6.92 Å². The molecule has 1 aliphatic carbocycles. The largest absolute Gasteiger partial charge is 0.335 e. The molecule has 0 aliphatic heterocycles. The van der Waals surface area contributed by atoms with Crippen molar-refractivity contribution in [2.75, 3.05) is 5.32 Å². The highest BCUT2D eigenvalue weighted by Gasteiger charge is 2.17. The van der Waals surface area contributed by atoms with E-state index in [1.807, 2.05) is 19.1 Å². The van der Waals surface area contributed by atoms with Crippen molar-refractivity contribution in [2.24, 2.45) is 0 Å². The summed E-state index contributed by atoms with van der Waals surface area (Å²) >= 11 is 5.86. The van der Waals surface area contributed by atoms with Gasteiger partial charge in [0.2, 0.25) is 0 Å². The molecule has 2 amide bonds. The minimum Gasteiger partial charge on any atom is -0.335 e. The van der Waals surface area contributed by atoms with E-state index in [0.717, 1.165) is 24.1 Å². The predicted octanol–water partition coefficient (Wildman–Crippen LogP) is 3.71. The fraction of sp³-hybridized carbons (Fsp3) is 0.462. The van der Waals surface area contributed by atoms with Crippen LogP contribution in [0.1, 0.15) is 31.2 Å². The molecule has 1 fully saturated rings. The predicted molar refractivity (Wildman–Crippen MR) is 70.6 cm³/mol. The zero-order valence-corrected chi connectivity index (χ0v) is 10.7. The fourth-order valence-corrected chi connectivity index (χ4v) is 2.41. The summed E-state index contributed by atoms with van der Waals surface area (Å²) in [4.78, 5) is 11.8. The van der Waals surface area contributed by atoms with Gasteiger partial charge in [-0.15, -0.1) is 0 Å². The lowest BCUT2D eigenvalue weighted by molar-refractivity contribution is 0.248. The molecule has 0 atom stereocenters. The molecule has 1 aromatic rings. The van der Waals surface area contributed by atoms with Crippen LogP contribution in [0.3, 0.4) is 0 Å². The number of anilines is 1. The second-order valence-corrected chi connectivity index (χ2v) is 4.98. The van der Waals surface area contributed by atoms with E-state index in [9.17, 15) is 4.79 Å². The molecule has 0 bridgehead atoms. The van der Waals surface area contributed by atoms with E-state index in [1.165, 1.54) is 12.8 Å². The third kappa shape index (κ3) is 3.37. The molecular formula is C13H17ClN2O. The van der Waals surface area contributed by atoms with Crippen molar-refractivity contribution in [3.8, 4) is 0 Å². The maximum Gasteiger partial charge on any atom is 0.319 e. The minimum atomic E-state index is -0.123. The van der Waals surface area contributed by atoms with Crippen LogP contribution in [0.4, 0.5) is 10.5 Å². The van der Waals surface area contributed by atoms with Gasteiger partial charge in [-0.25, -0.2) is 4.79 Å². The lowest BCUT2D eigenvalue weighted by Crippen LogP contribution is -2.36. The number of aryl methyl sites for hydroxylation is 1. The van der Waals surface area contributed by atoms with Crippen LogP contribution in [0.25, 0.3) is 0 Å². The number of halogens is 1. The molecule has 3 nitrogen and oxygen atoms in total. The Balaban J connectivity index is 1.93. The van der Waals surface area contributed by atoms with Gasteiger partial charge in [-0.1, -0.05) is 24.4 Å². The lowest BCUT2D eigenvalue weighted by atomic mass is 10.2. The Morgan fingerprint density at radius 3 is 2.71 bits per heavy atom. The zero-order chi connectivity index (χ0) is 12.3. The molecule has 0 saturated heterocycles. The first kappa shape index (κ1) is 12.2. The fourth-order valence-electron chi connectivity index (χ4n) is 2.18. The number of rotatable bonds is 2. The van der Waals surface area contributed by atoms with Gasteiger partial charge in [0.05, 0.1) is 0 Å². The minimum absolute atomic E-state index is 0.123. The molecule has 2 rings (SSSR count). The Kier molecular flexibility index (Phi) is 3.89. The normalized spacial score (nSPS) is 15.9.